The first-order chi connectivity index (χ1) is 6.61. The summed E-state index contributed by atoms with van der Waals surface area (Å²) >= 11 is 0. The van der Waals surface area contributed by atoms with Gasteiger partial charge in [-0.1, -0.05) is 20.3 Å². The molecule has 0 aliphatic rings. The summed E-state index contributed by atoms with van der Waals surface area (Å²) in [5.74, 6) is 1.29. The van der Waals surface area contributed by atoms with Gasteiger partial charge < -0.3 is 16.8 Å². The predicted octanol–water partition coefficient (Wildman–Crippen LogP) is 0.494. The minimum absolute atomic E-state index is 0.143. The highest BCUT2D eigenvalue weighted by atomic mass is 15.2. The van der Waals surface area contributed by atoms with Gasteiger partial charge in [0, 0.05) is 6.54 Å². The van der Waals surface area contributed by atoms with Crippen molar-refractivity contribution in [2.75, 3.05) is 23.3 Å². The van der Waals surface area contributed by atoms with Crippen molar-refractivity contribution in [1.82, 2.24) is 15.0 Å². The maximum absolute atomic E-state index is 5.42. The molecule has 0 fully saturated rings. The lowest BCUT2D eigenvalue weighted by atomic mass is 10.1. The Morgan fingerprint density at radius 2 is 1.79 bits per heavy atom. The molecular weight excluding hydrogens is 180 g/mol. The van der Waals surface area contributed by atoms with E-state index in [0.717, 1.165) is 13.0 Å². The molecule has 1 atom stereocenters. The van der Waals surface area contributed by atoms with Crippen LogP contribution in [-0.2, 0) is 0 Å². The quantitative estimate of drug-likeness (QED) is 0.647. The summed E-state index contributed by atoms with van der Waals surface area (Å²) in [6.45, 7) is 5.07. The molecular formula is C8H16N6. The smallest absolute Gasteiger partial charge is 0.229 e. The van der Waals surface area contributed by atoms with E-state index in [0.29, 0.717) is 11.9 Å². The highest BCUT2D eigenvalue weighted by Gasteiger charge is 2.03. The van der Waals surface area contributed by atoms with Gasteiger partial charge in [-0.25, -0.2) is 0 Å². The van der Waals surface area contributed by atoms with Gasteiger partial charge in [0.15, 0.2) is 0 Å². The molecule has 14 heavy (non-hydrogen) atoms. The van der Waals surface area contributed by atoms with E-state index < -0.39 is 0 Å². The van der Waals surface area contributed by atoms with Crippen molar-refractivity contribution in [2.45, 2.75) is 20.3 Å². The summed E-state index contributed by atoms with van der Waals surface area (Å²) < 4.78 is 0. The second kappa shape index (κ2) is 4.59. The average molecular weight is 196 g/mol. The second-order valence-corrected chi connectivity index (χ2v) is 3.27. The van der Waals surface area contributed by atoms with Gasteiger partial charge in [0.25, 0.3) is 0 Å². The van der Waals surface area contributed by atoms with Crippen LogP contribution < -0.4 is 16.8 Å². The van der Waals surface area contributed by atoms with Gasteiger partial charge >= 0.3 is 0 Å². The van der Waals surface area contributed by atoms with Gasteiger partial charge in [-0.05, 0) is 5.92 Å². The van der Waals surface area contributed by atoms with Crippen molar-refractivity contribution in [3.8, 4) is 0 Å². The highest BCUT2D eigenvalue weighted by molar-refractivity contribution is 5.36. The number of nitrogen functional groups attached to an aromatic ring is 2. The Hall–Kier alpha value is -1.59. The minimum atomic E-state index is 0.143. The molecule has 0 aliphatic heterocycles. The van der Waals surface area contributed by atoms with E-state index in [-0.39, 0.29) is 11.9 Å². The fraction of sp³-hybridized carbons (Fsp3) is 0.625. The zero-order valence-electron chi connectivity index (χ0n) is 8.49. The Labute approximate surface area is 83.1 Å². The number of nitrogens with one attached hydrogen (secondary N) is 1. The Balaban J connectivity index is 2.58. The molecule has 0 aromatic carbocycles. The topological polar surface area (TPSA) is 103 Å². The fourth-order valence-corrected chi connectivity index (χ4v) is 0.898. The first-order valence-electron chi connectivity index (χ1n) is 4.62. The normalized spacial score (nSPS) is 12.4. The summed E-state index contributed by atoms with van der Waals surface area (Å²) in [6, 6.07) is 0. The monoisotopic (exact) mass is 196 g/mol. The Morgan fingerprint density at radius 1 is 1.21 bits per heavy atom. The molecule has 1 unspecified atom stereocenters. The Kier molecular flexibility index (Phi) is 3.44. The third kappa shape index (κ3) is 3.04. The van der Waals surface area contributed by atoms with Crippen molar-refractivity contribution >= 4 is 17.8 Å². The van der Waals surface area contributed by atoms with Gasteiger partial charge in [0.05, 0.1) is 0 Å². The third-order valence-electron chi connectivity index (χ3n) is 1.98. The van der Waals surface area contributed by atoms with Crippen LogP contribution in [0.2, 0.25) is 0 Å². The van der Waals surface area contributed by atoms with Crippen LogP contribution in [0.5, 0.6) is 0 Å². The minimum Gasteiger partial charge on any atom is -0.368 e. The number of nitrogens with zero attached hydrogens (tertiary/aromatic N) is 3. The number of nitrogens with two attached hydrogens (primary N) is 2. The number of hydrogen-bond donors (Lipinski definition) is 3. The lowest BCUT2D eigenvalue weighted by Gasteiger charge is -2.09. The summed E-state index contributed by atoms with van der Waals surface area (Å²) in [7, 11) is 0. The molecule has 1 aromatic heterocycles. The van der Waals surface area contributed by atoms with Crippen molar-refractivity contribution in [3.63, 3.8) is 0 Å². The molecule has 0 saturated carbocycles. The van der Waals surface area contributed by atoms with Crippen LogP contribution in [0.4, 0.5) is 17.8 Å². The number of anilines is 3. The molecule has 0 spiro atoms. The molecule has 5 N–H and O–H groups in total. The standard InChI is InChI=1S/C8H16N6/c1-3-5(2)4-11-8-13-6(9)12-7(10)14-8/h5H,3-4H2,1-2H3,(H5,9,10,11,12,13,14). The predicted molar refractivity (Wildman–Crippen MR) is 56.6 cm³/mol. The molecule has 6 nitrogen and oxygen atoms in total. The molecule has 1 heterocycles. The number of aromatic nitrogens is 3. The molecule has 1 rings (SSSR count). The van der Waals surface area contributed by atoms with Crippen LogP contribution in [0.25, 0.3) is 0 Å². The summed E-state index contributed by atoms with van der Waals surface area (Å²) in [5.41, 5.74) is 10.8. The first kappa shape index (κ1) is 10.5. The van der Waals surface area contributed by atoms with E-state index in [1.54, 1.807) is 0 Å². The molecule has 0 bridgehead atoms. The van der Waals surface area contributed by atoms with Crippen molar-refractivity contribution in [1.29, 1.82) is 0 Å². The van der Waals surface area contributed by atoms with Crippen LogP contribution in [0, 0.1) is 5.92 Å². The van der Waals surface area contributed by atoms with E-state index in [1.165, 1.54) is 0 Å². The van der Waals surface area contributed by atoms with E-state index in [1.807, 2.05) is 0 Å². The first-order valence-corrected chi connectivity index (χ1v) is 4.62. The molecule has 0 aliphatic carbocycles. The molecule has 1 aromatic rings. The third-order valence-corrected chi connectivity index (χ3v) is 1.98. The van der Waals surface area contributed by atoms with Crippen LogP contribution in [-0.4, -0.2) is 21.5 Å². The maximum atomic E-state index is 5.42. The fourth-order valence-electron chi connectivity index (χ4n) is 0.898. The van der Waals surface area contributed by atoms with Gasteiger partial charge in [-0.3, -0.25) is 0 Å². The van der Waals surface area contributed by atoms with Crippen LogP contribution >= 0.6 is 0 Å². The molecule has 0 radical (unpaired) electrons. The maximum Gasteiger partial charge on any atom is 0.229 e. The summed E-state index contributed by atoms with van der Waals surface area (Å²) in [4.78, 5) is 11.5. The van der Waals surface area contributed by atoms with Crippen molar-refractivity contribution in [2.24, 2.45) is 5.92 Å². The van der Waals surface area contributed by atoms with E-state index in [4.69, 9.17) is 11.5 Å². The molecule has 0 saturated heterocycles. The number of hydrogen-bond acceptors (Lipinski definition) is 6. The van der Waals surface area contributed by atoms with Gasteiger partial charge in [-0.15, -0.1) is 0 Å². The zero-order valence-corrected chi connectivity index (χ0v) is 8.49. The van der Waals surface area contributed by atoms with Gasteiger partial charge in [-0.2, -0.15) is 15.0 Å². The Morgan fingerprint density at radius 3 is 2.29 bits per heavy atom. The van der Waals surface area contributed by atoms with E-state index >= 15 is 0 Å². The summed E-state index contributed by atoms with van der Waals surface area (Å²) in [6.07, 6.45) is 1.10. The lowest BCUT2D eigenvalue weighted by Crippen LogP contribution is -2.14. The molecule has 6 heteroatoms. The SMILES string of the molecule is CCC(C)CNc1nc(N)nc(N)n1. The van der Waals surface area contributed by atoms with Gasteiger partial charge in [0.1, 0.15) is 0 Å². The lowest BCUT2D eigenvalue weighted by molar-refractivity contribution is 0.591. The van der Waals surface area contributed by atoms with Crippen molar-refractivity contribution < 1.29 is 0 Å². The zero-order chi connectivity index (χ0) is 10.6. The van der Waals surface area contributed by atoms with Crippen LogP contribution in [0.3, 0.4) is 0 Å². The highest BCUT2D eigenvalue weighted by Crippen LogP contribution is 2.06. The number of rotatable bonds is 4. The summed E-state index contributed by atoms with van der Waals surface area (Å²) in [5, 5.41) is 3.05. The van der Waals surface area contributed by atoms with Gasteiger partial charge in [0.2, 0.25) is 17.8 Å². The van der Waals surface area contributed by atoms with Crippen molar-refractivity contribution in [3.05, 3.63) is 0 Å². The Bertz CT molecular complexity index is 280. The van der Waals surface area contributed by atoms with Crippen LogP contribution in [0.1, 0.15) is 20.3 Å². The largest absolute Gasteiger partial charge is 0.368 e. The molecule has 78 valence electrons. The molecule has 0 amide bonds. The average Bonchev–Trinajstić information content (AvgIpc) is 2.12. The van der Waals surface area contributed by atoms with E-state index in [9.17, 15) is 0 Å². The second-order valence-electron chi connectivity index (χ2n) is 3.27. The van der Waals surface area contributed by atoms with E-state index in [2.05, 4.69) is 34.1 Å². The van der Waals surface area contributed by atoms with Crippen LogP contribution in [0.15, 0.2) is 0 Å².